The van der Waals surface area contributed by atoms with Gasteiger partial charge in [-0.2, -0.15) is 0 Å². The lowest BCUT2D eigenvalue weighted by atomic mass is 9.83. The van der Waals surface area contributed by atoms with Gasteiger partial charge in [0.05, 0.1) is 18.1 Å². The quantitative estimate of drug-likeness (QED) is 0.706. The smallest absolute Gasteiger partial charge is 0.227 e. The van der Waals surface area contributed by atoms with Crippen molar-refractivity contribution in [3.05, 3.63) is 0 Å². The molecule has 2 N–H and O–H groups in total. The van der Waals surface area contributed by atoms with E-state index in [9.17, 15) is 4.79 Å². The minimum atomic E-state index is -0.164. The van der Waals surface area contributed by atoms with Crippen molar-refractivity contribution in [2.45, 2.75) is 32.2 Å². The molecule has 2 aliphatic heterocycles. The van der Waals surface area contributed by atoms with Crippen molar-refractivity contribution in [1.82, 2.24) is 10.6 Å². The van der Waals surface area contributed by atoms with Gasteiger partial charge in [-0.15, -0.1) is 0 Å². The van der Waals surface area contributed by atoms with Crippen molar-refractivity contribution in [2.75, 3.05) is 26.3 Å². The Bertz CT molecular complexity index is 231. The van der Waals surface area contributed by atoms with Gasteiger partial charge in [0.15, 0.2) is 0 Å². The van der Waals surface area contributed by atoms with E-state index in [1.54, 1.807) is 0 Å². The molecule has 0 aromatic carbocycles. The lowest BCUT2D eigenvalue weighted by molar-refractivity contribution is -0.131. The average Bonchev–Trinajstić information content (AvgIpc) is 2.87. The molecule has 0 saturated carbocycles. The molecule has 2 unspecified atom stereocenters. The topological polar surface area (TPSA) is 50.4 Å². The summed E-state index contributed by atoms with van der Waals surface area (Å²) in [5.41, 5.74) is -0.164. The van der Waals surface area contributed by atoms with Gasteiger partial charge in [-0.05, 0) is 25.8 Å². The van der Waals surface area contributed by atoms with Gasteiger partial charge >= 0.3 is 0 Å². The van der Waals surface area contributed by atoms with Gasteiger partial charge in [-0.1, -0.05) is 6.92 Å². The number of carbonyl (C=O) groups excluding carboxylic acids is 1. The van der Waals surface area contributed by atoms with Gasteiger partial charge in [0.25, 0.3) is 0 Å². The monoisotopic (exact) mass is 212 g/mol. The maximum Gasteiger partial charge on any atom is 0.227 e. The van der Waals surface area contributed by atoms with E-state index in [1.165, 1.54) is 0 Å². The maximum absolute atomic E-state index is 12.1. The Balaban J connectivity index is 1.92. The second-order valence-electron chi connectivity index (χ2n) is 4.59. The van der Waals surface area contributed by atoms with Crippen molar-refractivity contribution in [1.29, 1.82) is 0 Å². The van der Waals surface area contributed by atoms with E-state index in [2.05, 4.69) is 17.6 Å². The van der Waals surface area contributed by atoms with Crippen LogP contribution < -0.4 is 10.6 Å². The van der Waals surface area contributed by atoms with Crippen molar-refractivity contribution >= 4 is 5.91 Å². The predicted molar refractivity (Wildman–Crippen MR) is 57.6 cm³/mol. The molecule has 0 aromatic rings. The Kier molecular flexibility index (Phi) is 3.26. The van der Waals surface area contributed by atoms with Gasteiger partial charge in [-0.3, -0.25) is 4.79 Å². The Labute approximate surface area is 90.8 Å². The molecular formula is C11H20N2O2. The molecule has 2 atom stereocenters. The van der Waals surface area contributed by atoms with Gasteiger partial charge in [0.1, 0.15) is 0 Å². The first-order valence-electron chi connectivity index (χ1n) is 5.86. The van der Waals surface area contributed by atoms with E-state index in [0.717, 1.165) is 39.0 Å². The van der Waals surface area contributed by atoms with Crippen LogP contribution >= 0.6 is 0 Å². The minimum Gasteiger partial charge on any atom is -0.379 e. The third kappa shape index (κ3) is 2.16. The Morgan fingerprint density at radius 3 is 3.07 bits per heavy atom. The molecule has 4 heteroatoms. The number of amides is 1. The highest BCUT2D eigenvalue weighted by Gasteiger charge is 2.40. The standard InChI is InChI=1S/C11H20N2O2/c1-2-11(4-5-12-8-11)10(14)13-9-3-6-15-7-9/h9,12H,2-8H2,1H3,(H,13,14). The number of hydrogen-bond acceptors (Lipinski definition) is 3. The third-order valence-corrected chi connectivity index (χ3v) is 3.67. The van der Waals surface area contributed by atoms with Crippen LogP contribution in [0.4, 0.5) is 0 Å². The molecular weight excluding hydrogens is 192 g/mol. The van der Waals surface area contributed by atoms with Crippen molar-refractivity contribution < 1.29 is 9.53 Å². The number of nitrogens with one attached hydrogen (secondary N) is 2. The fourth-order valence-corrected chi connectivity index (χ4v) is 2.39. The number of ether oxygens (including phenoxy) is 1. The molecule has 2 saturated heterocycles. The summed E-state index contributed by atoms with van der Waals surface area (Å²) in [7, 11) is 0. The van der Waals surface area contributed by atoms with Crippen LogP contribution in [0.1, 0.15) is 26.2 Å². The van der Waals surface area contributed by atoms with Crippen LogP contribution in [0.15, 0.2) is 0 Å². The van der Waals surface area contributed by atoms with Gasteiger partial charge < -0.3 is 15.4 Å². The molecule has 86 valence electrons. The fourth-order valence-electron chi connectivity index (χ4n) is 2.39. The van der Waals surface area contributed by atoms with Gasteiger partial charge in [0.2, 0.25) is 5.91 Å². The van der Waals surface area contributed by atoms with Crippen LogP contribution in [0, 0.1) is 5.41 Å². The molecule has 2 rings (SSSR count). The van der Waals surface area contributed by atoms with Crippen LogP contribution in [-0.4, -0.2) is 38.3 Å². The lowest BCUT2D eigenvalue weighted by Crippen LogP contribution is -2.46. The lowest BCUT2D eigenvalue weighted by Gasteiger charge is -2.26. The molecule has 0 aliphatic carbocycles. The molecule has 0 radical (unpaired) electrons. The van der Waals surface area contributed by atoms with E-state index >= 15 is 0 Å². The summed E-state index contributed by atoms with van der Waals surface area (Å²) in [5.74, 6) is 0.213. The van der Waals surface area contributed by atoms with E-state index in [1.807, 2.05) is 0 Å². The summed E-state index contributed by atoms with van der Waals surface area (Å²) in [6.45, 7) is 5.34. The van der Waals surface area contributed by atoms with E-state index < -0.39 is 0 Å². The van der Waals surface area contributed by atoms with Crippen LogP contribution in [0.2, 0.25) is 0 Å². The highest BCUT2D eigenvalue weighted by molar-refractivity contribution is 5.83. The van der Waals surface area contributed by atoms with Gasteiger partial charge in [-0.25, -0.2) is 0 Å². The zero-order chi connectivity index (χ0) is 10.7. The summed E-state index contributed by atoms with van der Waals surface area (Å²) in [6, 6.07) is 0.238. The Morgan fingerprint density at radius 1 is 1.67 bits per heavy atom. The third-order valence-electron chi connectivity index (χ3n) is 3.67. The number of hydrogen-bond donors (Lipinski definition) is 2. The second-order valence-corrected chi connectivity index (χ2v) is 4.59. The molecule has 15 heavy (non-hydrogen) atoms. The Hall–Kier alpha value is -0.610. The average molecular weight is 212 g/mol. The second kappa shape index (κ2) is 4.49. The van der Waals surface area contributed by atoms with Crippen LogP contribution in [0.25, 0.3) is 0 Å². The zero-order valence-electron chi connectivity index (χ0n) is 9.34. The van der Waals surface area contributed by atoms with Crippen LogP contribution in [0.5, 0.6) is 0 Å². The fraction of sp³-hybridized carbons (Fsp3) is 0.909. The van der Waals surface area contributed by atoms with E-state index in [0.29, 0.717) is 6.61 Å². The van der Waals surface area contributed by atoms with Gasteiger partial charge in [0, 0.05) is 13.2 Å². The summed E-state index contributed by atoms with van der Waals surface area (Å²) in [5, 5.41) is 6.39. The molecule has 4 nitrogen and oxygen atoms in total. The molecule has 2 aliphatic rings. The highest BCUT2D eigenvalue weighted by atomic mass is 16.5. The van der Waals surface area contributed by atoms with E-state index in [4.69, 9.17) is 4.74 Å². The van der Waals surface area contributed by atoms with E-state index in [-0.39, 0.29) is 17.4 Å². The molecule has 0 spiro atoms. The minimum absolute atomic E-state index is 0.164. The summed E-state index contributed by atoms with van der Waals surface area (Å²) >= 11 is 0. The normalized spacial score (nSPS) is 35.7. The molecule has 0 bridgehead atoms. The molecule has 2 fully saturated rings. The zero-order valence-corrected chi connectivity index (χ0v) is 9.34. The first-order valence-corrected chi connectivity index (χ1v) is 5.86. The van der Waals surface area contributed by atoms with Crippen molar-refractivity contribution in [3.8, 4) is 0 Å². The maximum atomic E-state index is 12.1. The van der Waals surface area contributed by atoms with Crippen LogP contribution in [-0.2, 0) is 9.53 Å². The first-order chi connectivity index (χ1) is 7.27. The number of carbonyl (C=O) groups is 1. The summed E-state index contributed by atoms with van der Waals surface area (Å²) < 4.78 is 5.26. The summed E-state index contributed by atoms with van der Waals surface area (Å²) in [4.78, 5) is 12.1. The number of rotatable bonds is 3. The SMILES string of the molecule is CCC1(C(=O)NC2CCOC2)CCNC1. The highest BCUT2D eigenvalue weighted by Crippen LogP contribution is 2.29. The molecule has 2 heterocycles. The predicted octanol–water partition coefficient (Wildman–Crippen LogP) is 0.281. The van der Waals surface area contributed by atoms with Crippen molar-refractivity contribution in [3.63, 3.8) is 0 Å². The molecule has 1 amide bonds. The van der Waals surface area contributed by atoms with Crippen LogP contribution in [0.3, 0.4) is 0 Å². The molecule has 0 aromatic heterocycles. The first kappa shape index (κ1) is 10.9. The Morgan fingerprint density at radius 2 is 2.53 bits per heavy atom. The van der Waals surface area contributed by atoms with Crippen molar-refractivity contribution in [2.24, 2.45) is 5.41 Å². The largest absolute Gasteiger partial charge is 0.379 e. The summed E-state index contributed by atoms with van der Waals surface area (Å²) in [6.07, 6.45) is 2.83.